The summed E-state index contributed by atoms with van der Waals surface area (Å²) in [6.45, 7) is 0.643. The number of hydrazine groups is 1. The number of benzene rings is 2. The van der Waals surface area contributed by atoms with Gasteiger partial charge in [-0.25, -0.2) is 0 Å². The van der Waals surface area contributed by atoms with Gasteiger partial charge < -0.3 is 20.8 Å². The van der Waals surface area contributed by atoms with Crippen molar-refractivity contribution in [1.82, 2.24) is 21.5 Å². The van der Waals surface area contributed by atoms with Crippen LogP contribution in [0.3, 0.4) is 0 Å². The topological polar surface area (TPSA) is 86.8 Å². The van der Waals surface area contributed by atoms with E-state index in [1.807, 2.05) is 43.6 Å². The summed E-state index contributed by atoms with van der Waals surface area (Å²) in [5, 5.41) is 6.57. The number of nitrogens with zero attached hydrogens (tertiary/aromatic N) is 1. The molecule has 4 rings (SSSR count). The normalized spacial score (nSPS) is 22.6. The largest absolute Gasteiger partial charge is 0.496 e. The standard InChI is InChI=1S/C22H28N2O2.C5H9N3/c1-23-18-12-14-22(15-13-18,17-8-4-3-5-9-17)16-24-21(25)19-10-6-7-11-20(19)26-2;1-6-5-3-2-4-7-8-5/h3-11,18,23H,12-16H2,1-2H3,(H,24,25);2,4,7H,3H2,1H3,(H,6,8). The molecule has 2 aromatic carbocycles. The fourth-order valence-electron chi connectivity index (χ4n) is 4.55. The first-order valence-electron chi connectivity index (χ1n) is 11.9. The Kier molecular flexibility index (Phi) is 9.52. The number of amides is 1. The second-order valence-corrected chi connectivity index (χ2v) is 8.64. The summed E-state index contributed by atoms with van der Waals surface area (Å²) in [6.07, 6.45) is 9.15. The van der Waals surface area contributed by atoms with Crippen LogP contribution in [0.25, 0.3) is 0 Å². The number of amidine groups is 1. The smallest absolute Gasteiger partial charge is 0.255 e. The third-order valence-electron chi connectivity index (χ3n) is 6.67. The van der Waals surface area contributed by atoms with Crippen LogP contribution in [0.15, 0.2) is 71.9 Å². The van der Waals surface area contributed by atoms with Crippen molar-refractivity contribution in [3.8, 4) is 5.75 Å². The van der Waals surface area contributed by atoms with Crippen LogP contribution in [0.5, 0.6) is 5.75 Å². The predicted molar refractivity (Wildman–Crippen MR) is 138 cm³/mol. The average Bonchev–Trinajstić information content (AvgIpc) is 2.93. The molecule has 1 amide bonds. The summed E-state index contributed by atoms with van der Waals surface area (Å²) < 4.78 is 5.33. The van der Waals surface area contributed by atoms with Gasteiger partial charge in [0.05, 0.1) is 12.7 Å². The van der Waals surface area contributed by atoms with E-state index in [0.29, 0.717) is 23.9 Å². The Labute approximate surface area is 203 Å². The molecular weight excluding hydrogens is 426 g/mol. The number of hydrogen-bond donors (Lipinski definition) is 4. The van der Waals surface area contributed by atoms with E-state index in [4.69, 9.17) is 4.74 Å². The van der Waals surface area contributed by atoms with E-state index in [1.54, 1.807) is 20.2 Å². The SMILES string of the molecule is CN=C1CC=CNN1.CNC1CCC(CNC(=O)c2ccccc2OC)(c2ccccc2)CC1. The molecule has 0 bridgehead atoms. The molecular formula is C27H37N5O2. The van der Waals surface area contributed by atoms with Crippen molar-refractivity contribution in [3.63, 3.8) is 0 Å². The molecule has 1 aliphatic heterocycles. The highest BCUT2D eigenvalue weighted by Gasteiger charge is 2.37. The quantitative estimate of drug-likeness (QED) is 0.526. The Bertz CT molecular complexity index is 966. The van der Waals surface area contributed by atoms with Gasteiger partial charge in [0.25, 0.3) is 5.91 Å². The minimum atomic E-state index is -0.0755. The predicted octanol–water partition coefficient (Wildman–Crippen LogP) is 3.55. The van der Waals surface area contributed by atoms with Gasteiger partial charge in [-0.2, -0.15) is 0 Å². The van der Waals surface area contributed by atoms with Crippen molar-refractivity contribution in [2.24, 2.45) is 4.99 Å². The van der Waals surface area contributed by atoms with Crippen molar-refractivity contribution in [2.45, 2.75) is 43.6 Å². The minimum absolute atomic E-state index is 0.00765. The van der Waals surface area contributed by atoms with Gasteiger partial charge in [-0.3, -0.25) is 15.2 Å². The first-order chi connectivity index (χ1) is 16.6. The highest BCUT2D eigenvalue weighted by molar-refractivity contribution is 5.97. The van der Waals surface area contributed by atoms with E-state index in [0.717, 1.165) is 37.9 Å². The number of ether oxygens (including phenoxy) is 1. The molecule has 34 heavy (non-hydrogen) atoms. The summed E-state index contributed by atoms with van der Waals surface area (Å²) in [7, 11) is 5.39. The van der Waals surface area contributed by atoms with Gasteiger partial charge in [0, 0.05) is 37.7 Å². The van der Waals surface area contributed by atoms with Crippen LogP contribution in [-0.4, -0.2) is 45.5 Å². The van der Waals surface area contributed by atoms with Crippen molar-refractivity contribution < 1.29 is 9.53 Å². The van der Waals surface area contributed by atoms with E-state index < -0.39 is 0 Å². The zero-order valence-corrected chi connectivity index (χ0v) is 20.4. The summed E-state index contributed by atoms with van der Waals surface area (Å²) >= 11 is 0. The Morgan fingerprint density at radius 2 is 1.82 bits per heavy atom. The minimum Gasteiger partial charge on any atom is -0.496 e. The maximum absolute atomic E-state index is 12.8. The molecule has 1 fully saturated rings. The van der Waals surface area contributed by atoms with Crippen molar-refractivity contribution >= 4 is 11.7 Å². The van der Waals surface area contributed by atoms with Crippen molar-refractivity contribution in [2.75, 3.05) is 27.7 Å². The molecule has 0 aromatic heterocycles. The molecule has 2 aliphatic rings. The maximum Gasteiger partial charge on any atom is 0.255 e. The Morgan fingerprint density at radius 3 is 2.41 bits per heavy atom. The number of rotatable bonds is 6. The molecule has 0 saturated heterocycles. The highest BCUT2D eigenvalue weighted by Crippen LogP contribution is 2.39. The molecule has 7 heteroatoms. The van der Waals surface area contributed by atoms with E-state index in [1.165, 1.54) is 5.56 Å². The fourth-order valence-corrected chi connectivity index (χ4v) is 4.55. The Balaban J connectivity index is 0.000000343. The number of carbonyl (C=O) groups excluding carboxylic acids is 1. The first kappa shape index (κ1) is 25.3. The van der Waals surface area contributed by atoms with Gasteiger partial charge in [-0.15, -0.1) is 0 Å². The molecule has 2 aromatic rings. The van der Waals surface area contributed by atoms with Gasteiger partial charge in [0.2, 0.25) is 0 Å². The van der Waals surface area contributed by atoms with Crippen molar-refractivity contribution in [3.05, 3.63) is 78.0 Å². The first-order valence-corrected chi connectivity index (χ1v) is 11.9. The third kappa shape index (κ3) is 6.60. The van der Waals surface area contributed by atoms with Crippen LogP contribution < -0.4 is 26.2 Å². The Morgan fingerprint density at radius 1 is 1.12 bits per heavy atom. The lowest BCUT2D eigenvalue weighted by Crippen LogP contribution is -2.46. The monoisotopic (exact) mass is 463 g/mol. The second-order valence-electron chi connectivity index (χ2n) is 8.64. The number of aliphatic imine (C=N–C) groups is 1. The van der Waals surface area contributed by atoms with Crippen LogP contribution in [0, 0.1) is 0 Å². The molecule has 182 valence electrons. The number of carbonyl (C=O) groups is 1. The average molecular weight is 464 g/mol. The molecule has 0 unspecified atom stereocenters. The van der Waals surface area contributed by atoms with Gasteiger partial charge >= 0.3 is 0 Å². The molecule has 4 N–H and O–H groups in total. The van der Waals surface area contributed by atoms with E-state index in [-0.39, 0.29) is 11.3 Å². The molecule has 0 spiro atoms. The number of para-hydroxylation sites is 1. The summed E-state index contributed by atoms with van der Waals surface area (Å²) in [5.41, 5.74) is 7.60. The van der Waals surface area contributed by atoms with Crippen molar-refractivity contribution in [1.29, 1.82) is 0 Å². The van der Waals surface area contributed by atoms with Gasteiger partial charge in [-0.1, -0.05) is 48.5 Å². The van der Waals surface area contributed by atoms with Crippen LogP contribution >= 0.6 is 0 Å². The summed E-state index contributed by atoms with van der Waals surface area (Å²) in [4.78, 5) is 16.7. The number of hydrogen-bond acceptors (Lipinski definition) is 5. The second kappa shape index (κ2) is 12.8. The van der Waals surface area contributed by atoms with Gasteiger partial charge in [-0.05, 0) is 50.4 Å². The lowest BCUT2D eigenvalue weighted by Gasteiger charge is -2.41. The number of methoxy groups -OCH3 is 1. The maximum atomic E-state index is 12.8. The van der Waals surface area contributed by atoms with Gasteiger partial charge in [0.1, 0.15) is 11.6 Å². The molecule has 1 saturated carbocycles. The van der Waals surface area contributed by atoms with E-state index >= 15 is 0 Å². The van der Waals surface area contributed by atoms with Crippen LogP contribution in [0.2, 0.25) is 0 Å². The zero-order valence-electron chi connectivity index (χ0n) is 20.4. The molecule has 1 aliphatic carbocycles. The van der Waals surface area contributed by atoms with E-state index in [9.17, 15) is 4.79 Å². The fraction of sp³-hybridized carbons (Fsp3) is 0.407. The zero-order chi connectivity index (χ0) is 24.2. The molecule has 7 nitrogen and oxygen atoms in total. The van der Waals surface area contributed by atoms with E-state index in [2.05, 4.69) is 50.7 Å². The molecule has 0 radical (unpaired) electrons. The third-order valence-corrected chi connectivity index (χ3v) is 6.67. The van der Waals surface area contributed by atoms with Gasteiger partial charge in [0.15, 0.2) is 0 Å². The number of nitrogens with one attached hydrogen (secondary N) is 4. The molecule has 1 heterocycles. The molecule has 0 atom stereocenters. The Hall–Kier alpha value is -3.32. The lowest BCUT2D eigenvalue weighted by atomic mass is 9.68. The van der Waals surface area contributed by atoms with Crippen LogP contribution in [-0.2, 0) is 5.41 Å². The summed E-state index contributed by atoms with van der Waals surface area (Å²) in [6, 6.07) is 18.5. The summed E-state index contributed by atoms with van der Waals surface area (Å²) in [5.74, 6) is 1.51. The van der Waals surface area contributed by atoms with Crippen LogP contribution in [0.4, 0.5) is 0 Å². The highest BCUT2D eigenvalue weighted by atomic mass is 16.5. The lowest BCUT2D eigenvalue weighted by molar-refractivity contribution is 0.0931. The van der Waals surface area contributed by atoms with Crippen LogP contribution in [0.1, 0.15) is 48.0 Å².